The fourth-order valence-corrected chi connectivity index (χ4v) is 3.05. The lowest BCUT2D eigenvalue weighted by molar-refractivity contribution is 0.103. The summed E-state index contributed by atoms with van der Waals surface area (Å²) >= 11 is 6.06. The minimum atomic E-state index is 0.0428. The lowest BCUT2D eigenvalue weighted by Gasteiger charge is -2.20. The Kier molecular flexibility index (Phi) is 3.32. The number of hydrogen-bond donors (Lipinski definition) is 0. The molecular weight excluding hydrogens is 306 g/mol. The van der Waals surface area contributed by atoms with Gasteiger partial charge in [-0.15, -0.1) is 0 Å². The van der Waals surface area contributed by atoms with Crippen LogP contribution in [0.1, 0.15) is 27.0 Å². The minimum absolute atomic E-state index is 0.0428. The van der Waals surface area contributed by atoms with Gasteiger partial charge in [0.15, 0.2) is 5.78 Å². The van der Waals surface area contributed by atoms with Crippen LogP contribution in [0, 0.1) is 0 Å². The molecule has 1 aliphatic rings. The monoisotopic (exact) mass is 317 g/mol. The van der Waals surface area contributed by atoms with E-state index in [0.29, 0.717) is 16.1 Å². The number of carbonyl (C=O) groups excluding carboxylic acids is 1. The van der Waals surface area contributed by atoms with Gasteiger partial charge in [0.1, 0.15) is 0 Å². The van der Waals surface area contributed by atoms with Crippen molar-refractivity contribution in [2.24, 2.45) is 4.99 Å². The Morgan fingerprint density at radius 1 is 0.696 bits per heavy atom. The van der Waals surface area contributed by atoms with Crippen LogP contribution in [0.4, 0.5) is 5.69 Å². The predicted octanol–water partition coefficient (Wildman–Crippen LogP) is 5.05. The predicted molar refractivity (Wildman–Crippen MR) is 93.1 cm³/mol. The lowest BCUT2D eigenvalue weighted by Crippen LogP contribution is -2.21. The highest BCUT2D eigenvalue weighted by Gasteiger charge is 2.27. The second-order valence-electron chi connectivity index (χ2n) is 5.36. The number of benzene rings is 3. The highest BCUT2D eigenvalue weighted by Crippen LogP contribution is 2.30. The Balaban J connectivity index is 2.00. The fraction of sp³-hybridized carbons (Fsp3) is 0. The van der Waals surface area contributed by atoms with E-state index in [1.54, 1.807) is 0 Å². The molecule has 3 heteroatoms. The third-order valence-corrected chi connectivity index (χ3v) is 4.14. The zero-order chi connectivity index (χ0) is 15.8. The van der Waals surface area contributed by atoms with Crippen LogP contribution in [0.5, 0.6) is 0 Å². The van der Waals surface area contributed by atoms with Gasteiger partial charge in [-0.25, -0.2) is 4.99 Å². The molecular formula is C20H12ClNO. The summed E-state index contributed by atoms with van der Waals surface area (Å²) in [5.74, 6) is 0.0428. The number of ketones is 1. The molecule has 110 valence electrons. The number of fused-ring (bicyclic) bond motifs is 2. The Morgan fingerprint density at radius 2 is 1.26 bits per heavy atom. The van der Waals surface area contributed by atoms with Gasteiger partial charge in [0.25, 0.3) is 0 Å². The number of hydrogen-bond acceptors (Lipinski definition) is 2. The molecule has 4 rings (SSSR count). The smallest absolute Gasteiger partial charge is 0.194 e. The largest absolute Gasteiger partial charge is 0.289 e. The quantitative estimate of drug-likeness (QED) is 0.483. The van der Waals surface area contributed by atoms with Crippen molar-refractivity contribution in [3.63, 3.8) is 0 Å². The van der Waals surface area contributed by atoms with Gasteiger partial charge in [0.2, 0.25) is 0 Å². The maximum atomic E-state index is 12.7. The van der Waals surface area contributed by atoms with E-state index < -0.39 is 0 Å². The molecule has 0 fully saturated rings. The molecule has 0 unspecified atom stereocenters. The average molecular weight is 318 g/mol. The van der Waals surface area contributed by atoms with Crippen molar-refractivity contribution in [3.8, 4) is 0 Å². The van der Waals surface area contributed by atoms with Crippen molar-refractivity contribution in [1.29, 1.82) is 0 Å². The zero-order valence-electron chi connectivity index (χ0n) is 12.2. The van der Waals surface area contributed by atoms with E-state index in [-0.39, 0.29) is 5.78 Å². The van der Waals surface area contributed by atoms with E-state index >= 15 is 0 Å². The third-order valence-electron chi connectivity index (χ3n) is 3.90. The highest BCUT2D eigenvalue weighted by molar-refractivity contribution is 6.31. The first-order chi connectivity index (χ1) is 11.2. The van der Waals surface area contributed by atoms with Gasteiger partial charge in [-0.05, 0) is 18.2 Å². The summed E-state index contributed by atoms with van der Waals surface area (Å²) in [5.41, 5.74) is 4.66. The van der Waals surface area contributed by atoms with Crippen molar-refractivity contribution < 1.29 is 4.79 Å². The lowest BCUT2D eigenvalue weighted by atomic mass is 9.83. The molecule has 0 heterocycles. The molecule has 0 bridgehead atoms. The number of aliphatic imine (C=N–C) groups is 1. The zero-order valence-corrected chi connectivity index (χ0v) is 12.9. The van der Waals surface area contributed by atoms with Crippen LogP contribution in [0.3, 0.4) is 0 Å². The summed E-state index contributed by atoms with van der Waals surface area (Å²) in [6, 6.07) is 22.6. The average Bonchev–Trinajstić information content (AvgIpc) is 2.59. The van der Waals surface area contributed by atoms with E-state index in [9.17, 15) is 4.79 Å². The number of nitrogens with zero attached hydrogens (tertiary/aromatic N) is 1. The third kappa shape index (κ3) is 2.37. The minimum Gasteiger partial charge on any atom is -0.289 e. The van der Waals surface area contributed by atoms with Gasteiger partial charge in [0.05, 0.1) is 11.4 Å². The van der Waals surface area contributed by atoms with E-state index in [0.717, 1.165) is 22.5 Å². The molecule has 3 aromatic carbocycles. The van der Waals surface area contributed by atoms with Crippen LogP contribution >= 0.6 is 11.6 Å². The molecule has 1 aliphatic carbocycles. The molecule has 0 spiro atoms. The molecule has 0 N–H and O–H groups in total. The van der Waals surface area contributed by atoms with Gasteiger partial charge < -0.3 is 0 Å². The molecule has 3 aromatic rings. The Labute approximate surface area is 139 Å². The molecule has 0 aromatic heterocycles. The van der Waals surface area contributed by atoms with Crippen LogP contribution in [-0.2, 0) is 0 Å². The number of carbonyl (C=O) groups is 1. The van der Waals surface area contributed by atoms with Crippen molar-refractivity contribution in [3.05, 3.63) is 100 Å². The molecule has 0 saturated carbocycles. The van der Waals surface area contributed by atoms with E-state index in [4.69, 9.17) is 16.6 Å². The Bertz CT molecular complexity index is 908. The van der Waals surface area contributed by atoms with Gasteiger partial charge in [-0.3, -0.25) is 4.79 Å². The van der Waals surface area contributed by atoms with Gasteiger partial charge in [-0.1, -0.05) is 66.2 Å². The molecule has 0 saturated heterocycles. The van der Waals surface area contributed by atoms with Gasteiger partial charge in [-0.2, -0.15) is 0 Å². The maximum absolute atomic E-state index is 12.7. The first kappa shape index (κ1) is 13.9. The van der Waals surface area contributed by atoms with Crippen LogP contribution < -0.4 is 0 Å². The fourth-order valence-electron chi connectivity index (χ4n) is 2.86. The van der Waals surface area contributed by atoms with Crippen LogP contribution in [0.25, 0.3) is 0 Å². The van der Waals surface area contributed by atoms with Crippen molar-refractivity contribution in [1.82, 2.24) is 0 Å². The molecule has 0 amide bonds. The number of rotatable bonds is 1. The Morgan fingerprint density at radius 3 is 1.83 bits per heavy atom. The molecule has 0 aliphatic heterocycles. The van der Waals surface area contributed by atoms with Crippen molar-refractivity contribution >= 4 is 28.8 Å². The topological polar surface area (TPSA) is 29.4 Å². The summed E-state index contributed by atoms with van der Waals surface area (Å²) < 4.78 is 0. The summed E-state index contributed by atoms with van der Waals surface area (Å²) in [6.45, 7) is 0. The standard InChI is InChI=1S/C20H12ClNO/c21-13-6-5-7-14(12-13)22-19-15-8-1-3-10-17(15)20(23)18-11-4-2-9-16(18)19/h1-12H. The first-order valence-corrected chi connectivity index (χ1v) is 7.69. The molecule has 0 atom stereocenters. The van der Waals surface area contributed by atoms with E-state index in [2.05, 4.69) is 0 Å². The molecule has 0 radical (unpaired) electrons. The van der Waals surface area contributed by atoms with Crippen molar-refractivity contribution in [2.45, 2.75) is 0 Å². The normalized spacial score (nSPS) is 12.6. The van der Waals surface area contributed by atoms with Gasteiger partial charge in [0, 0.05) is 27.3 Å². The number of halogens is 1. The summed E-state index contributed by atoms with van der Waals surface area (Å²) in [4.78, 5) is 17.5. The molecule has 2 nitrogen and oxygen atoms in total. The second-order valence-corrected chi connectivity index (χ2v) is 5.80. The van der Waals surface area contributed by atoms with Gasteiger partial charge >= 0.3 is 0 Å². The van der Waals surface area contributed by atoms with Crippen LogP contribution in [0.2, 0.25) is 5.02 Å². The van der Waals surface area contributed by atoms with Crippen molar-refractivity contribution in [2.75, 3.05) is 0 Å². The van der Waals surface area contributed by atoms with E-state index in [1.165, 1.54) is 0 Å². The summed E-state index contributed by atoms with van der Waals surface area (Å²) in [7, 11) is 0. The van der Waals surface area contributed by atoms with E-state index in [1.807, 2.05) is 72.8 Å². The maximum Gasteiger partial charge on any atom is 0.194 e. The SMILES string of the molecule is O=C1c2ccccc2C(=Nc2cccc(Cl)c2)c2ccccc21. The molecule has 23 heavy (non-hydrogen) atoms. The Hall–Kier alpha value is -2.71. The van der Waals surface area contributed by atoms with Crippen LogP contribution in [-0.4, -0.2) is 11.5 Å². The highest BCUT2D eigenvalue weighted by atomic mass is 35.5. The summed E-state index contributed by atoms with van der Waals surface area (Å²) in [5, 5.41) is 0.639. The summed E-state index contributed by atoms with van der Waals surface area (Å²) in [6.07, 6.45) is 0. The second kappa shape index (κ2) is 5.49. The first-order valence-electron chi connectivity index (χ1n) is 7.32. The van der Waals surface area contributed by atoms with Crippen LogP contribution in [0.15, 0.2) is 77.8 Å².